The largest absolute Gasteiger partial charge is 0.417 e. The number of nitrogens with one attached hydrogen (secondary N) is 2. The normalized spacial score (nSPS) is 19.6. The van der Waals surface area contributed by atoms with E-state index < -0.39 is 11.7 Å². The van der Waals surface area contributed by atoms with Crippen LogP contribution in [0.25, 0.3) is 5.70 Å². The van der Waals surface area contributed by atoms with Gasteiger partial charge in [0.05, 0.1) is 36.4 Å². The van der Waals surface area contributed by atoms with Crippen molar-refractivity contribution < 1.29 is 17.9 Å². The van der Waals surface area contributed by atoms with Gasteiger partial charge in [-0.1, -0.05) is 0 Å². The fraction of sp³-hybridized carbons (Fsp3) is 0.368. The average Bonchev–Trinajstić information content (AvgIpc) is 3.14. The second-order valence-corrected chi connectivity index (χ2v) is 7.07. The zero-order valence-electron chi connectivity index (χ0n) is 16.5. The molecule has 2 aliphatic heterocycles. The van der Waals surface area contributed by atoms with Crippen LogP contribution < -0.4 is 16.1 Å². The lowest BCUT2D eigenvalue weighted by atomic mass is 10.1. The number of anilines is 2. The average molecular weight is 434 g/mol. The highest BCUT2D eigenvalue weighted by molar-refractivity contribution is 6.14. The van der Waals surface area contributed by atoms with Crippen LogP contribution in [-0.2, 0) is 10.9 Å². The summed E-state index contributed by atoms with van der Waals surface area (Å²) in [6, 6.07) is 1.01. The van der Waals surface area contributed by atoms with Crippen molar-refractivity contribution in [2.45, 2.75) is 12.6 Å². The highest BCUT2D eigenvalue weighted by Gasteiger charge is 2.33. The molecular formula is C19H21F3N8O. The van der Waals surface area contributed by atoms with Crippen LogP contribution in [0.15, 0.2) is 36.4 Å². The summed E-state index contributed by atoms with van der Waals surface area (Å²) >= 11 is 0. The fourth-order valence-corrected chi connectivity index (χ4v) is 3.46. The maximum absolute atomic E-state index is 13.1. The Morgan fingerprint density at radius 1 is 1.10 bits per heavy atom. The van der Waals surface area contributed by atoms with Crippen molar-refractivity contribution in [1.29, 1.82) is 5.41 Å². The van der Waals surface area contributed by atoms with Gasteiger partial charge in [-0.3, -0.25) is 10.4 Å². The van der Waals surface area contributed by atoms with Gasteiger partial charge in [0.25, 0.3) is 0 Å². The number of amidine groups is 1. The number of ether oxygens (including phenoxy) is 1. The minimum Gasteiger partial charge on any atom is -0.379 e. The number of aromatic nitrogens is 3. The standard InChI is InChI=1S/C19H21F3N8O/c20-19(21,22)13-7-14(11-25-10-13)30-2-1-15(17(30)23)16(12-8-26-18(24)27-9-12)28-29-3-5-31-6-4-29/h7-11,23,28H,1-6H2,(H2,24,26,27)/b16-15-,23-17?. The summed E-state index contributed by atoms with van der Waals surface area (Å²) in [5, 5.41) is 10.6. The molecule has 2 aromatic rings. The molecule has 0 atom stereocenters. The Morgan fingerprint density at radius 2 is 1.81 bits per heavy atom. The van der Waals surface area contributed by atoms with E-state index in [0.29, 0.717) is 56.1 Å². The van der Waals surface area contributed by atoms with E-state index in [4.69, 9.17) is 15.9 Å². The molecule has 0 radical (unpaired) electrons. The highest BCUT2D eigenvalue weighted by atomic mass is 19.4. The maximum Gasteiger partial charge on any atom is 0.417 e. The molecule has 0 unspecified atom stereocenters. The number of nitrogens with two attached hydrogens (primary N) is 1. The van der Waals surface area contributed by atoms with Crippen molar-refractivity contribution in [3.05, 3.63) is 47.6 Å². The maximum atomic E-state index is 13.1. The quantitative estimate of drug-likeness (QED) is 0.668. The van der Waals surface area contributed by atoms with Crippen molar-refractivity contribution in [1.82, 2.24) is 25.4 Å². The number of nitrogens with zero attached hydrogens (tertiary/aromatic N) is 5. The van der Waals surface area contributed by atoms with Crippen LogP contribution >= 0.6 is 0 Å². The van der Waals surface area contributed by atoms with Gasteiger partial charge in [0.2, 0.25) is 5.95 Å². The summed E-state index contributed by atoms with van der Waals surface area (Å²) < 4.78 is 44.7. The first-order valence-electron chi connectivity index (χ1n) is 9.62. The third kappa shape index (κ3) is 4.59. The SMILES string of the molecule is N=C1/C(=C(\NN2CCOCC2)c2cnc(N)nc2)CCN1c1cncc(C(F)(F)F)c1. The Labute approximate surface area is 176 Å². The molecule has 2 aliphatic rings. The lowest BCUT2D eigenvalue weighted by molar-refractivity contribution is -0.137. The van der Waals surface area contributed by atoms with Crippen molar-refractivity contribution >= 4 is 23.2 Å². The zero-order chi connectivity index (χ0) is 22.0. The summed E-state index contributed by atoms with van der Waals surface area (Å²) in [6.07, 6.45) is 1.16. The molecule has 2 fully saturated rings. The van der Waals surface area contributed by atoms with Gasteiger partial charge in [-0.25, -0.2) is 15.0 Å². The number of halogens is 3. The number of rotatable bonds is 4. The molecule has 4 rings (SSSR count). The molecule has 12 heteroatoms. The first-order valence-corrected chi connectivity index (χ1v) is 9.62. The Morgan fingerprint density at radius 3 is 2.48 bits per heavy atom. The van der Waals surface area contributed by atoms with Crippen molar-refractivity contribution in [3.63, 3.8) is 0 Å². The number of hydrazine groups is 1. The summed E-state index contributed by atoms with van der Waals surface area (Å²) in [4.78, 5) is 13.3. The number of hydrogen-bond acceptors (Lipinski definition) is 8. The predicted octanol–water partition coefficient (Wildman–Crippen LogP) is 1.91. The Hall–Kier alpha value is -3.25. The minimum atomic E-state index is -4.51. The molecule has 0 bridgehead atoms. The van der Waals surface area contributed by atoms with E-state index in [-0.39, 0.29) is 17.5 Å². The van der Waals surface area contributed by atoms with E-state index in [1.54, 1.807) is 12.4 Å². The molecule has 0 saturated carbocycles. The monoisotopic (exact) mass is 434 g/mol. The number of hydrogen-bond donors (Lipinski definition) is 3. The molecule has 31 heavy (non-hydrogen) atoms. The van der Waals surface area contributed by atoms with Crippen LogP contribution in [0.4, 0.5) is 24.8 Å². The van der Waals surface area contributed by atoms with Gasteiger partial charge in [0.1, 0.15) is 5.84 Å². The van der Waals surface area contributed by atoms with Crippen LogP contribution in [-0.4, -0.2) is 58.6 Å². The first kappa shape index (κ1) is 21.0. The van der Waals surface area contributed by atoms with Crippen molar-refractivity contribution in [2.24, 2.45) is 0 Å². The van der Waals surface area contributed by atoms with Crippen LogP contribution in [0.1, 0.15) is 17.5 Å². The van der Waals surface area contributed by atoms with Crippen LogP contribution in [0.3, 0.4) is 0 Å². The third-order valence-corrected chi connectivity index (χ3v) is 5.05. The summed E-state index contributed by atoms with van der Waals surface area (Å²) in [5.74, 6) is 0.214. The highest BCUT2D eigenvalue weighted by Crippen LogP contribution is 2.34. The second kappa shape index (κ2) is 8.47. The van der Waals surface area contributed by atoms with Crippen molar-refractivity contribution in [3.8, 4) is 0 Å². The smallest absolute Gasteiger partial charge is 0.379 e. The van der Waals surface area contributed by atoms with Crippen LogP contribution in [0, 0.1) is 5.41 Å². The van der Waals surface area contributed by atoms with Crippen LogP contribution in [0.5, 0.6) is 0 Å². The minimum absolute atomic E-state index is 0.0914. The predicted molar refractivity (Wildman–Crippen MR) is 108 cm³/mol. The summed E-state index contributed by atoms with van der Waals surface area (Å²) in [5.41, 5.74) is 10.2. The van der Waals surface area contributed by atoms with Crippen molar-refractivity contribution in [2.75, 3.05) is 43.5 Å². The molecule has 9 nitrogen and oxygen atoms in total. The van der Waals surface area contributed by atoms with E-state index in [1.165, 1.54) is 11.1 Å². The number of nitrogen functional groups attached to an aromatic ring is 1. The van der Waals surface area contributed by atoms with Gasteiger partial charge in [-0.15, -0.1) is 0 Å². The van der Waals surface area contributed by atoms with Gasteiger partial charge >= 0.3 is 6.18 Å². The van der Waals surface area contributed by atoms with E-state index in [2.05, 4.69) is 20.4 Å². The number of alkyl halides is 3. The molecular weight excluding hydrogens is 413 g/mol. The van der Waals surface area contributed by atoms with Gasteiger partial charge < -0.3 is 20.8 Å². The Balaban J connectivity index is 1.68. The zero-order valence-corrected chi connectivity index (χ0v) is 16.5. The summed E-state index contributed by atoms with van der Waals surface area (Å²) in [7, 11) is 0. The molecule has 164 valence electrons. The van der Waals surface area contributed by atoms with Gasteiger partial charge in [-0.05, 0) is 12.5 Å². The molecule has 0 spiro atoms. The van der Waals surface area contributed by atoms with Gasteiger partial charge in [0.15, 0.2) is 0 Å². The van der Waals surface area contributed by atoms with E-state index >= 15 is 0 Å². The number of pyridine rings is 1. The second-order valence-electron chi connectivity index (χ2n) is 7.07. The Kier molecular flexibility index (Phi) is 5.74. The number of morpholine rings is 1. The summed E-state index contributed by atoms with van der Waals surface area (Å²) in [6.45, 7) is 2.75. The van der Waals surface area contributed by atoms with E-state index in [0.717, 1.165) is 12.3 Å². The Bertz CT molecular complexity index is 986. The fourth-order valence-electron chi connectivity index (χ4n) is 3.46. The topological polar surface area (TPSA) is 116 Å². The molecule has 4 N–H and O–H groups in total. The molecule has 0 aromatic carbocycles. The lowest BCUT2D eigenvalue weighted by Crippen LogP contribution is -2.45. The van der Waals surface area contributed by atoms with Gasteiger partial charge in [-0.2, -0.15) is 13.2 Å². The third-order valence-electron chi connectivity index (χ3n) is 5.05. The first-order chi connectivity index (χ1) is 14.8. The van der Waals surface area contributed by atoms with Crippen LogP contribution in [0.2, 0.25) is 0 Å². The van der Waals surface area contributed by atoms with Gasteiger partial charge in [0, 0.05) is 49.4 Å². The lowest BCUT2D eigenvalue weighted by Gasteiger charge is -2.30. The molecule has 0 amide bonds. The molecule has 0 aliphatic carbocycles. The molecule has 2 aromatic heterocycles. The van der Waals surface area contributed by atoms with E-state index in [9.17, 15) is 13.2 Å². The molecule has 2 saturated heterocycles. The molecule has 4 heterocycles. The van der Waals surface area contributed by atoms with E-state index in [1.807, 2.05) is 5.01 Å².